The van der Waals surface area contributed by atoms with Crippen LogP contribution in [0.3, 0.4) is 0 Å². The Labute approximate surface area is 76.1 Å². The van der Waals surface area contributed by atoms with Crippen LogP contribution in [0, 0.1) is 0 Å². The predicted molar refractivity (Wildman–Crippen MR) is 51.5 cm³/mol. The van der Waals surface area contributed by atoms with Crippen LogP contribution in [0.25, 0.3) is 10.8 Å². The van der Waals surface area contributed by atoms with Gasteiger partial charge in [-0.15, -0.1) is 0 Å². The molecule has 0 aliphatic heterocycles. The maximum Gasteiger partial charge on any atom is 0.116 e. The Hall–Kier alpha value is -1.54. The summed E-state index contributed by atoms with van der Waals surface area (Å²) in [6.07, 6.45) is 0. The standard InChI is InChI=1S/C11H10O2/c12-7-9-3-1-2-8-4-5-10(13)6-11(8)9/h1-6,12-13H,7H2. The van der Waals surface area contributed by atoms with Crippen molar-refractivity contribution in [3.8, 4) is 5.75 Å². The monoisotopic (exact) mass is 174 g/mol. The first-order valence-corrected chi connectivity index (χ1v) is 4.13. The van der Waals surface area contributed by atoms with E-state index in [1.165, 1.54) is 0 Å². The van der Waals surface area contributed by atoms with Crippen LogP contribution in [-0.2, 0) is 6.61 Å². The van der Waals surface area contributed by atoms with E-state index in [-0.39, 0.29) is 12.4 Å². The second-order valence-electron chi connectivity index (χ2n) is 2.98. The number of aliphatic hydroxyl groups is 1. The number of hydrogen-bond acceptors (Lipinski definition) is 2. The molecule has 0 saturated heterocycles. The summed E-state index contributed by atoms with van der Waals surface area (Å²) in [6, 6.07) is 10.8. The fraction of sp³-hybridized carbons (Fsp3) is 0.0909. The van der Waals surface area contributed by atoms with Gasteiger partial charge in [0.05, 0.1) is 6.61 Å². The van der Waals surface area contributed by atoms with E-state index in [1.54, 1.807) is 12.1 Å². The van der Waals surface area contributed by atoms with Gasteiger partial charge in [-0.2, -0.15) is 0 Å². The lowest BCUT2D eigenvalue weighted by Gasteiger charge is -2.03. The number of rotatable bonds is 1. The summed E-state index contributed by atoms with van der Waals surface area (Å²) in [6.45, 7) is 0.000787. The molecule has 66 valence electrons. The molecular formula is C11H10O2. The van der Waals surface area contributed by atoms with Crippen LogP contribution < -0.4 is 0 Å². The highest BCUT2D eigenvalue weighted by Gasteiger charge is 1.99. The fourth-order valence-corrected chi connectivity index (χ4v) is 1.46. The third-order valence-corrected chi connectivity index (χ3v) is 2.13. The molecule has 0 saturated carbocycles. The van der Waals surface area contributed by atoms with Crippen molar-refractivity contribution in [1.82, 2.24) is 0 Å². The minimum atomic E-state index is 0.000787. The topological polar surface area (TPSA) is 40.5 Å². The molecule has 0 heterocycles. The zero-order valence-electron chi connectivity index (χ0n) is 7.07. The molecule has 0 radical (unpaired) electrons. The molecule has 0 bridgehead atoms. The van der Waals surface area contributed by atoms with Gasteiger partial charge in [0.2, 0.25) is 0 Å². The van der Waals surface area contributed by atoms with Gasteiger partial charge in [0.1, 0.15) is 5.75 Å². The van der Waals surface area contributed by atoms with Crippen LogP contribution in [0.1, 0.15) is 5.56 Å². The smallest absolute Gasteiger partial charge is 0.116 e. The largest absolute Gasteiger partial charge is 0.508 e. The lowest BCUT2D eigenvalue weighted by molar-refractivity contribution is 0.283. The van der Waals surface area contributed by atoms with E-state index in [1.807, 2.05) is 24.3 Å². The van der Waals surface area contributed by atoms with Crippen molar-refractivity contribution in [2.75, 3.05) is 0 Å². The second kappa shape index (κ2) is 3.07. The van der Waals surface area contributed by atoms with Crippen molar-refractivity contribution in [3.05, 3.63) is 42.0 Å². The molecule has 0 atom stereocenters. The van der Waals surface area contributed by atoms with E-state index < -0.39 is 0 Å². The molecule has 0 unspecified atom stereocenters. The number of phenolic OH excluding ortho intramolecular Hbond substituents is 1. The first kappa shape index (κ1) is 8.08. The average Bonchev–Trinajstić information content (AvgIpc) is 2.17. The van der Waals surface area contributed by atoms with E-state index in [9.17, 15) is 5.11 Å². The first-order chi connectivity index (χ1) is 6.31. The number of aromatic hydroxyl groups is 1. The molecule has 0 fully saturated rings. The Morgan fingerprint density at radius 2 is 1.92 bits per heavy atom. The summed E-state index contributed by atoms with van der Waals surface area (Å²) in [4.78, 5) is 0. The number of phenols is 1. The maximum absolute atomic E-state index is 9.27. The lowest BCUT2D eigenvalue weighted by Crippen LogP contribution is -1.84. The van der Waals surface area contributed by atoms with Crippen molar-refractivity contribution in [2.45, 2.75) is 6.61 Å². The van der Waals surface area contributed by atoms with Crippen molar-refractivity contribution >= 4 is 10.8 Å². The zero-order valence-corrected chi connectivity index (χ0v) is 7.07. The third-order valence-electron chi connectivity index (χ3n) is 2.13. The van der Waals surface area contributed by atoms with Crippen LogP contribution in [0.4, 0.5) is 0 Å². The summed E-state index contributed by atoms with van der Waals surface area (Å²) in [5, 5.41) is 20.3. The molecule has 2 nitrogen and oxygen atoms in total. The van der Waals surface area contributed by atoms with Gasteiger partial charge in [-0.25, -0.2) is 0 Å². The average molecular weight is 174 g/mol. The summed E-state index contributed by atoms with van der Waals surface area (Å²) in [7, 11) is 0. The normalized spacial score (nSPS) is 10.5. The molecule has 0 amide bonds. The van der Waals surface area contributed by atoms with Crippen LogP contribution in [-0.4, -0.2) is 10.2 Å². The number of aliphatic hydroxyl groups excluding tert-OH is 1. The molecule has 0 spiro atoms. The Kier molecular flexibility index (Phi) is 1.91. The minimum Gasteiger partial charge on any atom is -0.508 e. The quantitative estimate of drug-likeness (QED) is 0.694. The van der Waals surface area contributed by atoms with Crippen molar-refractivity contribution in [3.63, 3.8) is 0 Å². The number of benzene rings is 2. The van der Waals surface area contributed by atoms with Gasteiger partial charge in [-0.05, 0) is 28.5 Å². The molecule has 2 aromatic carbocycles. The molecule has 2 N–H and O–H groups in total. The van der Waals surface area contributed by atoms with Gasteiger partial charge in [-0.1, -0.05) is 24.3 Å². The van der Waals surface area contributed by atoms with E-state index in [0.29, 0.717) is 0 Å². The summed E-state index contributed by atoms with van der Waals surface area (Å²) < 4.78 is 0. The maximum atomic E-state index is 9.27. The molecule has 13 heavy (non-hydrogen) atoms. The van der Waals surface area contributed by atoms with Crippen molar-refractivity contribution in [1.29, 1.82) is 0 Å². The molecule has 2 aromatic rings. The zero-order chi connectivity index (χ0) is 9.26. The van der Waals surface area contributed by atoms with Gasteiger partial charge >= 0.3 is 0 Å². The third kappa shape index (κ3) is 1.36. The SMILES string of the molecule is OCc1cccc2ccc(O)cc12. The van der Waals surface area contributed by atoms with Crippen LogP contribution >= 0.6 is 0 Å². The Balaban J connectivity index is 2.79. The molecule has 0 aliphatic rings. The molecule has 2 rings (SSSR count). The van der Waals surface area contributed by atoms with Gasteiger partial charge in [-0.3, -0.25) is 0 Å². The van der Waals surface area contributed by atoms with E-state index in [2.05, 4.69) is 0 Å². The van der Waals surface area contributed by atoms with Crippen molar-refractivity contribution in [2.24, 2.45) is 0 Å². The van der Waals surface area contributed by atoms with Crippen LogP contribution in [0.5, 0.6) is 5.75 Å². The molecule has 0 aromatic heterocycles. The Morgan fingerprint density at radius 3 is 2.69 bits per heavy atom. The lowest BCUT2D eigenvalue weighted by atomic mass is 10.1. The molecule has 0 aliphatic carbocycles. The highest BCUT2D eigenvalue weighted by Crippen LogP contribution is 2.23. The van der Waals surface area contributed by atoms with Crippen molar-refractivity contribution < 1.29 is 10.2 Å². The van der Waals surface area contributed by atoms with Crippen LogP contribution in [0.15, 0.2) is 36.4 Å². The Bertz CT molecular complexity index is 435. The minimum absolute atomic E-state index is 0.000787. The highest BCUT2D eigenvalue weighted by molar-refractivity contribution is 5.86. The fourth-order valence-electron chi connectivity index (χ4n) is 1.46. The first-order valence-electron chi connectivity index (χ1n) is 4.13. The van der Waals surface area contributed by atoms with Crippen LogP contribution in [0.2, 0.25) is 0 Å². The number of hydrogen-bond donors (Lipinski definition) is 2. The Morgan fingerprint density at radius 1 is 1.08 bits per heavy atom. The summed E-state index contributed by atoms with van der Waals surface area (Å²) in [5.41, 5.74) is 0.841. The van der Waals surface area contributed by atoms with E-state index in [0.717, 1.165) is 16.3 Å². The van der Waals surface area contributed by atoms with E-state index in [4.69, 9.17) is 5.11 Å². The van der Waals surface area contributed by atoms with Gasteiger partial charge < -0.3 is 10.2 Å². The van der Waals surface area contributed by atoms with E-state index >= 15 is 0 Å². The molecular weight excluding hydrogens is 164 g/mol. The number of fused-ring (bicyclic) bond motifs is 1. The van der Waals surface area contributed by atoms with Gasteiger partial charge in [0, 0.05) is 0 Å². The molecule has 2 heteroatoms. The van der Waals surface area contributed by atoms with Gasteiger partial charge in [0.25, 0.3) is 0 Å². The van der Waals surface area contributed by atoms with Gasteiger partial charge in [0.15, 0.2) is 0 Å². The summed E-state index contributed by atoms with van der Waals surface area (Å²) >= 11 is 0. The summed E-state index contributed by atoms with van der Waals surface area (Å²) in [5.74, 6) is 0.230. The second-order valence-corrected chi connectivity index (χ2v) is 2.98. The highest BCUT2D eigenvalue weighted by atomic mass is 16.3. The predicted octanol–water partition coefficient (Wildman–Crippen LogP) is 2.04.